The van der Waals surface area contributed by atoms with E-state index >= 15 is 0 Å². The molecule has 92 valence electrons. The molecule has 1 amide bonds. The highest BCUT2D eigenvalue weighted by atomic mass is 79.9. The van der Waals surface area contributed by atoms with Crippen LogP contribution in [-0.4, -0.2) is 22.3 Å². The van der Waals surface area contributed by atoms with Gasteiger partial charge in [0.1, 0.15) is 5.56 Å². The van der Waals surface area contributed by atoms with E-state index in [2.05, 4.69) is 26.2 Å². The third-order valence-corrected chi connectivity index (χ3v) is 4.07. The molecule has 1 heterocycles. The van der Waals surface area contributed by atoms with Crippen LogP contribution in [0.15, 0.2) is 23.3 Å². The van der Waals surface area contributed by atoms with Crippen LogP contribution in [-0.2, 0) is 0 Å². The predicted molar refractivity (Wildman–Crippen MR) is 69.5 cm³/mol. The molecule has 5 heteroatoms. The van der Waals surface area contributed by atoms with Crippen molar-refractivity contribution >= 4 is 21.8 Å². The van der Waals surface area contributed by atoms with Gasteiger partial charge in [0.2, 0.25) is 0 Å². The van der Waals surface area contributed by atoms with Gasteiger partial charge in [-0.3, -0.25) is 9.59 Å². The highest BCUT2D eigenvalue weighted by molar-refractivity contribution is 9.09. The van der Waals surface area contributed by atoms with Crippen LogP contribution >= 0.6 is 15.9 Å². The van der Waals surface area contributed by atoms with E-state index in [1.165, 1.54) is 18.5 Å². The fraction of sp³-hybridized carbons (Fsp3) is 0.500. The molecule has 0 radical (unpaired) electrons. The largest absolute Gasteiger partial charge is 0.367 e. The molecule has 0 saturated heterocycles. The van der Waals surface area contributed by atoms with Crippen LogP contribution in [0.5, 0.6) is 0 Å². The minimum atomic E-state index is -0.273. The van der Waals surface area contributed by atoms with E-state index in [4.69, 9.17) is 0 Å². The molecule has 0 spiro atoms. The molecule has 0 aliphatic heterocycles. The van der Waals surface area contributed by atoms with Gasteiger partial charge >= 0.3 is 0 Å². The zero-order valence-corrected chi connectivity index (χ0v) is 11.0. The summed E-state index contributed by atoms with van der Waals surface area (Å²) in [7, 11) is 0. The molecule has 1 aromatic rings. The summed E-state index contributed by atoms with van der Waals surface area (Å²) in [5.41, 5.74) is -0.0534. The van der Waals surface area contributed by atoms with Crippen molar-refractivity contribution in [2.45, 2.75) is 25.3 Å². The maximum absolute atomic E-state index is 11.9. The first-order valence-electron chi connectivity index (χ1n) is 5.76. The molecule has 17 heavy (non-hydrogen) atoms. The van der Waals surface area contributed by atoms with Gasteiger partial charge in [-0.25, -0.2) is 0 Å². The molecule has 2 rings (SSSR count). The number of aromatic amines is 1. The minimum Gasteiger partial charge on any atom is -0.367 e. The van der Waals surface area contributed by atoms with Gasteiger partial charge in [-0.2, -0.15) is 0 Å². The Kier molecular flexibility index (Phi) is 3.99. The Labute approximate surface area is 108 Å². The molecule has 4 nitrogen and oxygen atoms in total. The van der Waals surface area contributed by atoms with E-state index in [0.717, 1.165) is 24.6 Å². The predicted octanol–water partition coefficient (Wildman–Crippen LogP) is 1.67. The SMILES string of the molecule is O=C(NC1CCCC1CBr)c1c[nH]ccc1=O. The maximum Gasteiger partial charge on any atom is 0.256 e. The summed E-state index contributed by atoms with van der Waals surface area (Å²) in [5.74, 6) is 0.200. The minimum absolute atomic E-state index is 0.182. The molecule has 1 fully saturated rings. The van der Waals surface area contributed by atoms with Gasteiger partial charge < -0.3 is 10.3 Å². The normalized spacial score (nSPS) is 23.6. The number of rotatable bonds is 3. The summed E-state index contributed by atoms with van der Waals surface area (Å²) in [4.78, 5) is 26.2. The molecule has 1 aromatic heterocycles. The first kappa shape index (κ1) is 12.4. The Morgan fingerprint density at radius 3 is 3.06 bits per heavy atom. The van der Waals surface area contributed by atoms with Gasteiger partial charge in [0.15, 0.2) is 5.43 Å². The van der Waals surface area contributed by atoms with Gasteiger partial charge in [-0.15, -0.1) is 0 Å². The second kappa shape index (κ2) is 5.49. The fourth-order valence-corrected chi connectivity index (χ4v) is 3.03. The van der Waals surface area contributed by atoms with Gasteiger partial charge in [-0.1, -0.05) is 22.4 Å². The summed E-state index contributed by atoms with van der Waals surface area (Å²) >= 11 is 3.46. The van der Waals surface area contributed by atoms with E-state index in [1.54, 1.807) is 0 Å². The number of pyridine rings is 1. The molecule has 0 aromatic carbocycles. The average Bonchev–Trinajstić information content (AvgIpc) is 2.76. The quantitative estimate of drug-likeness (QED) is 0.834. The van der Waals surface area contributed by atoms with Crippen molar-refractivity contribution in [1.29, 1.82) is 0 Å². The molecular weight excluding hydrogens is 284 g/mol. The lowest BCUT2D eigenvalue weighted by Gasteiger charge is -2.18. The Morgan fingerprint density at radius 1 is 1.53 bits per heavy atom. The van der Waals surface area contributed by atoms with Crippen molar-refractivity contribution in [3.63, 3.8) is 0 Å². The number of alkyl halides is 1. The standard InChI is InChI=1S/C12H15BrN2O2/c13-6-8-2-1-3-10(8)15-12(17)9-7-14-5-4-11(9)16/h4-5,7-8,10H,1-3,6H2,(H,14,16)(H,15,17). The topological polar surface area (TPSA) is 62.0 Å². The average molecular weight is 299 g/mol. The van der Waals surface area contributed by atoms with E-state index < -0.39 is 0 Å². The fourth-order valence-electron chi connectivity index (χ4n) is 2.25. The number of carbonyl (C=O) groups excluding carboxylic acids is 1. The highest BCUT2D eigenvalue weighted by Crippen LogP contribution is 2.27. The van der Waals surface area contributed by atoms with E-state index in [0.29, 0.717) is 5.92 Å². The summed E-state index contributed by atoms with van der Waals surface area (Å²) in [6.07, 6.45) is 6.23. The zero-order valence-electron chi connectivity index (χ0n) is 9.41. The second-order valence-corrected chi connectivity index (χ2v) is 4.99. The van der Waals surface area contributed by atoms with Crippen molar-refractivity contribution in [1.82, 2.24) is 10.3 Å². The van der Waals surface area contributed by atoms with Gasteiger partial charge in [0.05, 0.1) is 0 Å². The van der Waals surface area contributed by atoms with Gasteiger partial charge in [0, 0.05) is 29.8 Å². The van der Waals surface area contributed by atoms with Crippen molar-refractivity contribution < 1.29 is 4.79 Å². The Morgan fingerprint density at radius 2 is 2.35 bits per heavy atom. The first-order valence-corrected chi connectivity index (χ1v) is 6.88. The molecular formula is C12H15BrN2O2. The molecule has 2 atom stereocenters. The van der Waals surface area contributed by atoms with Crippen LogP contribution in [0.25, 0.3) is 0 Å². The van der Waals surface area contributed by atoms with Crippen molar-refractivity contribution in [3.05, 3.63) is 34.2 Å². The van der Waals surface area contributed by atoms with E-state index in [-0.39, 0.29) is 22.9 Å². The van der Waals surface area contributed by atoms with Crippen LogP contribution in [0.1, 0.15) is 29.6 Å². The lowest BCUT2D eigenvalue weighted by atomic mass is 10.1. The second-order valence-electron chi connectivity index (χ2n) is 4.35. The lowest BCUT2D eigenvalue weighted by molar-refractivity contribution is 0.0929. The van der Waals surface area contributed by atoms with Gasteiger partial charge in [0.25, 0.3) is 5.91 Å². The monoisotopic (exact) mass is 298 g/mol. The highest BCUT2D eigenvalue weighted by Gasteiger charge is 2.28. The Bertz CT molecular complexity index is 458. The number of carbonyl (C=O) groups is 1. The number of amides is 1. The van der Waals surface area contributed by atoms with Gasteiger partial charge in [-0.05, 0) is 18.8 Å². The molecule has 0 bridgehead atoms. The summed E-state index contributed by atoms with van der Waals surface area (Å²) in [6.45, 7) is 0. The van der Waals surface area contributed by atoms with Crippen LogP contribution in [0.2, 0.25) is 0 Å². The van der Waals surface area contributed by atoms with Crippen molar-refractivity contribution in [2.24, 2.45) is 5.92 Å². The van der Waals surface area contributed by atoms with Crippen LogP contribution in [0.4, 0.5) is 0 Å². The zero-order chi connectivity index (χ0) is 12.3. The van der Waals surface area contributed by atoms with Crippen LogP contribution in [0, 0.1) is 5.92 Å². The molecule has 1 aliphatic rings. The smallest absolute Gasteiger partial charge is 0.256 e. The van der Waals surface area contributed by atoms with Crippen LogP contribution < -0.4 is 10.7 Å². The Balaban J connectivity index is 2.07. The summed E-state index contributed by atoms with van der Waals surface area (Å²) in [6, 6.07) is 1.55. The summed E-state index contributed by atoms with van der Waals surface area (Å²) < 4.78 is 0. The van der Waals surface area contributed by atoms with Crippen molar-refractivity contribution in [2.75, 3.05) is 5.33 Å². The number of halogens is 1. The van der Waals surface area contributed by atoms with Crippen molar-refractivity contribution in [3.8, 4) is 0 Å². The number of nitrogens with one attached hydrogen (secondary N) is 2. The van der Waals surface area contributed by atoms with Crippen LogP contribution in [0.3, 0.4) is 0 Å². The number of H-pyrrole nitrogens is 1. The molecule has 2 unspecified atom stereocenters. The summed E-state index contributed by atoms with van der Waals surface area (Å²) in [5, 5.41) is 3.84. The molecule has 2 N–H and O–H groups in total. The Hall–Kier alpha value is -1.10. The number of hydrogen-bond acceptors (Lipinski definition) is 2. The molecule has 1 aliphatic carbocycles. The van der Waals surface area contributed by atoms with E-state index in [9.17, 15) is 9.59 Å². The van der Waals surface area contributed by atoms with E-state index in [1.807, 2.05) is 0 Å². The third kappa shape index (κ3) is 2.77. The third-order valence-electron chi connectivity index (χ3n) is 3.24. The number of hydrogen-bond donors (Lipinski definition) is 2. The maximum atomic E-state index is 11.9. The number of aromatic nitrogens is 1. The molecule has 1 saturated carbocycles. The lowest BCUT2D eigenvalue weighted by Crippen LogP contribution is -2.39. The first-order chi connectivity index (χ1) is 8.22.